The highest BCUT2D eigenvalue weighted by Crippen LogP contribution is 2.16. The number of esters is 1. The van der Waals surface area contributed by atoms with Gasteiger partial charge in [0.15, 0.2) is 0 Å². The zero-order valence-corrected chi connectivity index (χ0v) is 10.3. The van der Waals surface area contributed by atoms with E-state index < -0.39 is 5.97 Å². The molecular weight excluding hydrogens is 249 g/mol. The van der Waals surface area contributed by atoms with E-state index in [9.17, 15) is 4.79 Å². The number of nitrogens with zero attached hydrogens (tertiary/aromatic N) is 1. The first kappa shape index (κ1) is 13.0. The molecule has 0 aliphatic heterocycles. The van der Waals surface area contributed by atoms with Gasteiger partial charge in [0.1, 0.15) is 5.15 Å². The van der Waals surface area contributed by atoms with E-state index in [0.717, 1.165) is 6.42 Å². The van der Waals surface area contributed by atoms with E-state index in [4.69, 9.17) is 23.2 Å². The Hall–Kier alpha value is -1.06. The summed E-state index contributed by atoms with van der Waals surface area (Å²) in [5.41, 5.74) is 1.05. The number of ether oxygens (including phenoxy) is 1. The van der Waals surface area contributed by atoms with E-state index in [2.05, 4.69) is 9.72 Å². The number of allylic oxidation sites excluding steroid dienone is 1. The van der Waals surface area contributed by atoms with Crippen LogP contribution < -0.4 is 0 Å². The standard InChI is InChI=1S/C11H11Cl2NO2/c1-16-11(15)9-6-8(4-2-3-5-12)10(13)14-7-9/h2,4,6-7H,3,5H2,1H3. The molecule has 16 heavy (non-hydrogen) atoms. The van der Waals surface area contributed by atoms with Gasteiger partial charge in [-0.25, -0.2) is 9.78 Å². The molecule has 86 valence electrons. The predicted octanol–water partition coefficient (Wildman–Crippen LogP) is 3.16. The Labute approximate surface area is 104 Å². The Morgan fingerprint density at radius 2 is 2.38 bits per heavy atom. The summed E-state index contributed by atoms with van der Waals surface area (Å²) in [6.07, 6.45) is 5.77. The highest BCUT2D eigenvalue weighted by atomic mass is 35.5. The van der Waals surface area contributed by atoms with Crippen molar-refractivity contribution in [3.05, 3.63) is 34.6 Å². The van der Waals surface area contributed by atoms with Crippen molar-refractivity contribution in [2.75, 3.05) is 13.0 Å². The number of pyridine rings is 1. The van der Waals surface area contributed by atoms with Gasteiger partial charge in [0.2, 0.25) is 0 Å². The van der Waals surface area contributed by atoms with Crippen LogP contribution in [-0.4, -0.2) is 23.9 Å². The van der Waals surface area contributed by atoms with E-state index in [1.165, 1.54) is 13.3 Å². The summed E-state index contributed by atoms with van der Waals surface area (Å²) in [5, 5.41) is 0.346. The lowest BCUT2D eigenvalue weighted by Crippen LogP contribution is -2.02. The lowest BCUT2D eigenvalue weighted by atomic mass is 10.2. The third kappa shape index (κ3) is 3.51. The second kappa shape index (κ2) is 6.51. The molecule has 1 rings (SSSR count). The molecule has 0 aliphatic carbocycles. The molecule has 0 fully saturated rings. The summed E-state index contributed by atoms with van der Waals surface area (Å²) in [6.45, 7) is 0. The van der Waals surface area contributed by atoms with Crippen molar-refractivity contribution in [2.24, 2.45) is 0 Å². The smallest absolute Gasteiger partial charge is 0.339 e. The zero-order chi connectivity index (χ0) is 12.0. The van der Waals surface area contributed by atoms with E-state index in [1.807, 2.05) is 6.08 Å². The fourth-order valence-electron chi connectivity index (χ4n) is 1.08. The fraction of sp³-hybridized carbons (Fsp3) is 0.273. The van der Waals surface area contributed by atoms with Gasteiger partial charge >= 0.3 is 5.97 Å². The van der Waals surface area contributed by atoms with Crippen LogP contribution in [0.15, 0.2) is 18.3 Å². The number of carbonyl (C=O) groups is 1. The van der Waals surface area contributed by atoms with Gasteiger partial charge in [-0.2, -0.15) is 0 Å². The normalized spacial score (nSPS) is 10.7. The number of halogens is 2. The Balaban J connectivity index is 2.94. The van der Waals surface area contributed by atoms with Crippen LogP contribution in [0.4, 0.5) is 0 Å². The summed E-state index contributed by atoms with van der Waals surface area (Å²) in [4.78, 5) is 15.2. The van der Waals surface area contributed by atoms with E-state index in [-0.39, 0.29) is 0 Å². The van der Waals surface area contributed by atoms with Crippen molar-refractivity contribution in [1.29, 1.82) is 0 Å². The van der Waals surface area contributed by atoms with Crippen molar-refractivity contribution in [2.45, 2.75) is 6.42 Å². The number of methoxy groups -OCH3 is 1. The van der Waals surface area contributed by atoms with E-state index >= 15 is 0 Å². The van der Waals surface area contributed by atoms with Gasteiger partial charge in [0.25, 0.3) is 0 Å². The number of rotatable bonds is 4. The van der Waals surface area contributed by atoms with E-state index in [1.54, 1.807) is 12.1 Å². The molecule has 0 amide bonds. The van der Waals surface area contributed by atoms with E-state index in [0.29, 0.717) is 22.2 Å². The molecule has 0 spiro atoms. The first-order chi connectivity index (χ1) is 7.69. The Morgan fingerprint density at radius 1 is 1.62 bits per heavy atom. The average molecular weight is 260 g/mol. The second-order valence-electron chi connectivity index (χ2n) is 2.98. The summed E-state index contributed by atoms with van der Waals surface area (Å²) in [5.74, 6) is 0.106. The van der Waals surface area contributed by atoms with Gasteiger partial charge in [0.05, 0.1) is 12.7 Å². The Kier molecular flexibility index (Phi) is 5.29. The summed E-state index contributed by atoms with van der Waals surface area (Å²) in [7, 11) is 1.32. The minimum Gasteiger partial charge on any atom is -0.465 e. The van der Waals surface area contributed by atoms with Gasteiger partial charge in [-0.1, -0.05) is 23.8 Å². The maximum Gasteiger partial charge on any atom is 0.339 e. The predicted molar refractivity (Wildman–Crippen MR) is 65.0 cm³/mol. The van der Waals surface area contributed by atoms with Crippen LogP contribution in [-0.2, 0) is 4.74 Å². The van der Waals surface area contributed by atoms with Gasteiger partial charge in [-0.05, 0) is 12.5 Å². The molecule has 0 radical (unpaired) electrons. The van der Waals surface area contributed by atoms with Gasteiger partial charge in [-0.3, -0.25) is 0 Å². The average Bonchev–Trinajstić information content (AvgIpc) is 2.31. The molecular formula is C11H11Cl2NO2. The summed E-state index contributed by atoms with van der Waals surface area (Å²) < 4.78 is 4.59. The first-order valence-corrected chi connectivity index (χ1v) is 5.56. The third-order valence-electron chi connectivity index (χ3n) is 1.86. The highest BCUT2D eigenvalue weighted by molar-refractivity contribution is 6.30. The topological polar surface area (TPSA) is 39.2 Å². The number of aromatic nitrogens is 1. The van der Waals surface area contributed by atoms with Crippen LogP contribution in [0.3, 0.4) is 0 Å². The van der Waals surface area contributed by atoms with Crippen LogP contribution in [0, 0.1) is 0 Å². The Morgan fingerprint density at radius 3 is 3.00 bits per heavy atom. The largest absolute Gasteiger partial charge is 0.465 e. The van der Waals surface area contributed by atoms with Gasteiger partial charge in [-0.15, -0.1) is 11.6 Å². The van der Waals surface area contributed by atoms with Gasteiger partial charge in [0, 0.05) is 17.6 Å². The molecule has 1 aromatic heterocycles. The van der Waals surface area contributed by atoms with Crippen molar-refractivity contribution >= 4 is 35.2 Å². The molecule has 0 N–H and O–H groups in total. The van der Waals surface area contributed by atoms with Crippen molar-refractivity contribution in [1.82, 2.24) is 4.98 Å². The zero-order valence-electron chi connectivity index (χ0n) is 8.74. The molecule has 0 bridgehead atoms. The lowest BCUT2D eigenvalue weighted by Gasteiger charge is -2.01. The highest BCUT2D eigenvalue weighted by Gasteiger charge is 2.08. The number of alkyl halides is 1. The Bertz CT molecular complexity index is 405. The van der Waals surface area contributed by atoms with Crippen LogP contribution in [0.1, 0.15) is 22.3 Å². The minimum atomic E-state index is -0.434. The van der Waals surface area contributed by atoms with Crippen molar-refractivity contribution < 1.29 is 9.53 Å². The van der Waals surface area contributed by atoms with Crippen LogP contribution in [0.5, 0.6) is 0 Å². The van der Waals surface area contributed by atoms with Crippen LogP contribution in [0.2, 0.25) is 5.15 Å². The monoisotopic (exact) mass is 259 g/mol. The molecule has 0 unspecified atom stereocenters. The molecule has 0 atom stereocenters. The number of carbonyl (C=O) groups excluding carboxylic acids is 1. The molecule has 1 aromatic rings. The van der Waals surface area contributed by atoms with Gasteiger partial charge < -0.3 is 4.74 Å². The summed E-state index contributed by atoms with van der Waals surface area (Å²) >= 11 is 11.4. The quantitative estimate of drug-likeness (QED) is 0.474. The molecule has 5 heteroatoms. The third-order valence-corrected chi connectivity index (χ3v) is 2.39. The van der Waals surface area contributed by atoms with Crippen LogP contribution in [0.25, 0.3) is 6.08 Å². The maximum atomic E-state index is 11.3. The molecule has 0 aliphatic rings. The minimum absolute atomic E-state index is 0.346. The lowest BCUT2D eigenvalue weighted by molar-refractivity contribution is 0.0600. The molecule has 3 nitrogen and oxygen atoms in total. The second-order valence-corrected chi connectivity index (χ2v) is 3.71. The summed E-state index contributed by atoms with van der Waals surface area (Å²) in [6, 6.07) is 1.63. The molecule has 1 heterocycles. The maximum absolute atomic E-state index is 11.3. The molecule has 0 saturated carbocycles. The molecule has 0 aromatic carbocycles. The fourth-order valence-corrected chi connectivity index (χ4v) is 1.38. The van der Waals surface area contributed by atoms with Crippen molar-refractivity contribution in [3.8, 4) is 0 Å². The first-order valence-electron chi connectivity index (χ1n) is 4.65. The number of hydrogen-bond acceptors (Lipinski definition) is 3. The number of hydrogen-bond donors (Lipinski definition) is 0. The van der Waals surface area contributed by atoms with Crippen molar-refractivity contribution in [3.63, 3.8) is 0 Å². The SMILES string of the molecule is COC(=O)c1cnc(Cl)c(C=CCCCl)c1. The molecule has 0 saturated heterocycles. The van der Waals surface area contributed by atoms with Crippen LogP contribution >= 0.6 is 23.2 Å².